The number of sulfonamides is 1. The summed E-state index contributed by atoms with van der Waals surface area (Å²) in [5, 5.41) is 8.81. The summed E-state index contributed by atoms with van der Waals surface area (Å²) in [7, 11) is -3.80. The van der Waals surface area contributed by atoms with Crippen molar-refractivity contribution in [1.29, 1.82) is 0 Å². The van der Waals surface area contributed by atoms with E-state index in [4.69, 9.17) is 5.11 Å². The van der Waals surface area contributed by atoms with Gasteiger partial charge in [-0.05, 0) is 68.3 Å². The molecule has 21 heavy (non-hydrogen) atoms. The fourth-order valence-corrected chi connectivity index (χ4v) is 4.13. The number of hydrogen-bond donors (Lipinski definition) is 2. The number of halogens is 2. The molecule has 0 atom stereocenters. The molecule has 0 amide bonds. The summed E-state index contributed by atoms with van der Waals surface area (Å²) in [6.45, 7) is 0. The SMILES string of the molecule is O=C(O)c1ccc(S(=O)(=O)Nc2c(Br)cccc2Br)cc1. The number of aromatic carboxylic acids is 1. The van der Waals surface area contributed by atoms with Crippen molar-refractivity contribution in [2.45, 2.75) is 4.90 Å². The number of carboxylic acid groups (broad SMARTS) is 1. The fraction of sp³-hybridized carbons (Fsp3) is 0. The normalized spacial score (nSPS) is 11.1. The van der Waals surface area contributed by atoms with E-state index in [1.165, 1.54) is 24.3 Å². The van der Waals surface area contributed by atoms with Gasteiger partial charge in [0.15, 0.2) is 0 Å². The minimum atomic E-state index is -3.80. The Morgan fingerprint density at radius 1 is 1.00 bits per heavy atom. The molecule has 2 rings (SSSR count). The second kappa shape index (κ2) is 6.17. The number of carboxylic acids is 1. The Hall–Kier alpha value is -1.38. The zero-order chi connectivity index (χ0) is 15.6. The van der Waals surface area contributed by atoms with E-state index in [1.807, 2.05) is 0 Å². The highest BCUT2D eigenvalue weighted by Gasteiger charge is 2.17. The summed E-state index contributed by atoms with van der Waals surface area (Å²) in [4.78, 5) is 10.7. The Bertz CT molecular complexity index is 768. The first kappa shape index (κ1) is 16.0. The minimum absolute atomic E-state index is 0.0184. The monoisotopic (exact) mass is 433 g/mol. The third kappa shape index (κ3) is 3.63. The van der Waals surface area contributed by atoms with E-state index in [0.717, 1.165) is 0 Å². The summed E-state index contributed by atoms with van der Waals surface area (Å²) in [6.07, 6.45) is 0. The maximum absolute atomic E-state index is 12.3. The molecule has 0 bridgehead atoms. The Balaban J connectivity index is 2.36. The van der Waals surface area contributed by atoms with Crippen LogP contribution in [0.25, 0.3) is 0 Å². The average Bonchev–Trinajstić information content (AvgIpc) is 2.43. The molecule has 8 heteroatoms. The summed E-state index contributed by atoms with van der Waals surface area (Å²) in [6, 6.07) is 10.1. The van der Waals surface area contributed by atoms with Crippen molar-refractivity contribution in [1.82, 2.24) is 0 Å². The van der Waals surface area contributed by atoms with Crippen molar-refractivity contribution in [3.05, 3.63) is 57.0 Å². The number of nitrogens with one attached hydrogen (secondary N) is 1. The van der Waals surface area contributed by atoms with E-state index in [9.17, 15) is 13.2 Å². The fourth-order valence-electron chi connectivity index (χ4n) is 1.57. The van der Waals surface area contributed by atoms with Crippen LogP contribution in [0.5, 0.6) is 0 Å². The van der Waals surface area contributed by atoms with Crippen molar-refractivity contribution in [2.24, 2.45) is 0 Å². The standard InChI is InChI=1S/C13H9Br2NO4S/c14-10-2-1-3-11(15)12(10)16-21(19,20)9-6-4-8(5-7-9)13(17)18/h1-7,16H,(H,17,18). The summed E-state index contributed by atoms with van der Waals surface area (Å²) < 4.78 is 28.2. The largest absolute Gasteiger partial charge is 0.478 e. The van der Waals surface area contributed by atoms with Gasteiger partial charge in [-0.2, -0.15) is 0 Å². The van der Waals surface area contributed by atoms with Crippen LogP contribution in [0.2, 0.25) is 0 Å². The molecular weight excluding hydrogens is 426 g/mol. The predicted octanol–water partition coefficient (Wildman–Crippen LogP) is 3.71. The number of carbonyl (C=O) groups is 1. The van der Waals surface area contributed by atoms with Gasteiger partial charge >= 0.3 is 5.97 Å². The molecule has 0 saturated carbocycles. The second-order valence-corrected chi connectivity index (χ2v) is 7.42. The van der Waals surface area contributed by atoms with E-state index in [0.29, 0.717) is 14.6 Å². The minimum Gasteiger partial charge on any atom is -0.478 e. The van der Waals surface area contributed by atoms with E-state index < -0.39 is 16.0 Å². The molecule has 0 unspecified atom stereocenters. The topological polar surface area (TPSA) is 83.5 Å². The molecule has 110 valence electrons. The molecular formula is C13H9Br2NO4S. The van der Waals surface area contributed by atoms with Crippen molar-refractivity contribution in [3.63, 3.8) is 0 Å². The lowest BCUT2D eigenvalue weighted by Crippen LogP contribution is -2.14. The van der Waals surface area contributed by atoms with E-state index in [1.54, 1.807) is 18.2 Å². The van der Waals surface area contributed by atoms with Gasteiger partial charge in [0.2, 0.25) is 0 Å². The van der Waals surface area contributed by atoms with Crippen molar-refractivity contribution in [3.8, 4) is 0 Å². The van der Waals surface area contributed by atoms with Gasteiger partial charge in [-0.15, -0.1) is 0 Å². The number of hydrogen-bond acceptors (Lipinski definition) is 3. The van der Waals surface area contributed by atoms with E-state index >= 15 is 0 Å². The zero-order valence-corrected chi connectivity index (χ0v) is 14.4. The summed E-state index contributed by atoms with van der Waals surface area (Å²) in [5.41, 5.74) is 0.399. The predicted molar refractivity (Wildman–Crippen MR) is 86.1 cm³/mol. The molecule has 5 nitrogen and oxygen atoms in total. The summed E-state index contributed by atoms with van der Waals surface area (Å²) >= 11 is 6.54. The Kier molecular flexibility index (Phi) is 4.70. The van der Waals surface area contributed by atoms with Crippen molar-refractivity contribution >= 4 is 53.5 Å². The molecule has 2 N–H and O–H groups in total. The molecule has 0 fully saturated rings. The molecule has 0 spiro atoms. The first-order chi connectivity index (χ1) is 9.81. The van der Waals surface area contributed by atoms with Crippen LogP contribution < -0.4 is 4.72 Å². The maximum atomic E-state index is 12.3. The second-order valence-electron chi connectivity index (χ2n) is 4.03. The number of anilines is 1. The smallest absolute Gasteiger partial charge is 0.335 e. The number of para-hydroxylation sites is 1. The molecule has 2 aromatic rings. The lowest BCUT2D eigenvalue weighted by Gasteiger charge is -2.11. The summed E-state index contributed by atoms with van der Waals surface area (Å²) in [5.74, 6) is -1.11. The van der Waals surface area contributed by atoms with Gasteiger partial charge in [0.05, 0.1) is 16.1 Å². The Morgan fingerprint density at radius 2 is 1.52 bits per heavy atom. The first-order valence-corrected chi connectivity index (χ1v) is 8.68. The van der Waals surface area contributed by atoms with Gasteiger partial charge in [0, 0.05) is 8.95 Å². The lowest BCUT2D eigenvalue weighted by atomic mass is 10.2. The first-order valence-electron chi connectivity index (χ1n) is 5.61. The van der Waals surface area contributed by atoms with Crippen molar-refractivity contribution < 1.29 is 18.3 Å². The van der Waals surface area contributed by atoms with Crippen LogP contribution in [0.1, 0.15) is 10.4 Å². The highest BCUT2D eigenvalue weighted by molar-refractivity contribution is 9.11. The van der Waals surface area contributed by atoms with Gasteiger partial charge in [0.25, 0.3) is 10.0 Å². The molecule has 0 aliphatic heterocycles. The van der Waals surface area contributed by atoms with E-state index in [2.05, 4.69) is 36.6 Å². The van der Waals surface area contributed by atoms with E-state index in [-0.39, 0.29) is 10.5 Å². The average molecular weight is 435 g/mol. The third-order valence-corrected chi connectivity index (χ3v) is 5.30. The van der Waals surface area contributed by atoms with Crippen LogP contribution in [0.3, 0.4) is 0 Å². The molecule has 0 aliphatic rings. The Morgan fingerprint density at radius 3 is 2.00 bits per heavy atom. The van der Waals surface area contributed by atoms with Crippen LogP contribution in [0.15, 0.2) is 56.3 Å². The van der Waals surface area contributed by atoms with Crippen LogP contribution in [-0.2, 0) is 10.0 Å². The van der Waals surface area contributed by atoms with Gasteiger partial charge in [-0.1, -0.05) is 6.07 Å². The van der Waals surface area contributed by atoms with Gasteiger partial charge in [-0.25, -0.2) is 13.2 Å². The Labute approximate surface area is 138 Å². The van der Waals surface area contributed by atoms with Gasteiger partial charge in [-0.3, -0.25) is 4.72 Å². The van der Waals surface area contributed by atoms with Crippen LogP contribution in [0, 0.1) is 0 Å². The molecule has 0 radical (unpaired) electrons. The molecule has 0 aromatic heterocycles. The molecule has 0 heterocycles. The quantitative estimate of drug-likeness (QED) is 0.768. The van der Waals surface area contributed by atoms with Gasteiger partial charge < -0.3 is 5.11 Å². The zero-order valence-electron chi connectivity index (χ0n) is 10.4. The highest BCUT2D eigenvalue weighted by atomic mass is 79.9. The lowest BCUT2D eigenvalue weighted by molar-refractivity contribution is 0.0697. The maximum Gasteiger partial charge on any atom is 0.335 e. The highest BCUT2D eigenvalue weighted by Crippen LogP contribution is 2.32. The number of benzene rings is 2. The van der Waals surface area contributed by atoms with Crippen molar-refractivity contribution in [2.75, 3.05) is 4.72 Å². The van der Waals surface area contributed by atoms with Crippen LogP contribution >= 0.6 is 31.9 Å². The van der Waals surface area contributed by atoms with Crippen LogP contribution in [0.4, 0.5) is 5.69 Å². The van der Waals surface area contributed by atoms with Crippen LogP contribution in [-0.4, -0.2) is 19.5 Å². The third-order valence-electron chi connectivity index (χ3n) is 2.61. The van der Waals surface area contributed by atoms with Gasteiger partial charge in [0.1, 0.15) is 0 Å². The molecule has 0 aliphatic carbocycles. The molecule has 0 saturated heterocycles. The molecule has 2 aromatic carbocycles. The number of rotatable bonds is 4.